The van der Waals surface area contributed by atoms with E-state index in [2.05, 4.69) is 10.1 Å². The van der Waals surface area contributed by atoms with Gasteiger partial charge < -0.3 is 10.1 Å². The van der Waals surface area contributed by atoms with Crippen molar-refractivity contribution < 1.29 is 27.1 Å². The lowest BCUT2D eigenvalue weighted by atomic mass is 9.86. The van der Waals surface area contributed by atoms with Gasteiger partial charge in [0.1, 0.15) is 5.75 Å². The largest absolute Gasteiger partial charge is 0.435 e. The summed E-state index contributed by atoms with van der Waals surface area (Å²) in [7, 11) is 0. The molecule has 2 fully saturated rings. The monoisotopic (exact) mass is 345 g/mol. The number of halogens is 4. The summed E-state index contributed by atoms with van der Waals surface area (Å²) in [4.78, 5) is 12.1. The molecule has 2 saturated carbocycles. The average molecular weight is 345 g/mol. The molecule has 1 aromatic rings. The molecule has 0 spiro atoms. The lowest BCUT2D eigenvalue weighted by Crippen LogP contribution is -2.38. The van der Waals surface area contributed by atoms with E-state index in [0.717, 1.165) is 12.0 Å². The fraction of sp³-hybridized carbons (Fsp3) is 0.588. The van der Waals surface area contributed by atoms with E-state index in [1.165, 1.54) is 12.1 Å². The van der Waals surface area contributed by atoms with Gasteiger partial charge in [0.05, 0.1) is 0 Å². The molecule has 0 bridgehead atoms. The second-order valence-electron chi connectivity index (χ2n) is 6.55. The second-order valence-corrected chi connectivity index (χ2v) is 6.55. The van der Waals surface area contributed by atoms with Gasteiger partial charge in [-0.25, -0.2) is 8.78 Å². The van der Waals surface area contributed by atoms with Crippen LogP contribution < -0.4 is 10.1 Å². The second kappa shape index (κ2) is 6.61. The Balaban J connectivity index is 1.51. The molecule has 3 nitrogen and oxygen atoms in total. The summed E-state index contributed by atoms with van der Waals surface area (Å²) in [5.41, 5.74) is 0.913. The van der Waals surface area contributed by atoms with Crippen LogP contribution in [-0.4, -0.2) is 24.5 Å². The van der Waals surface area contributed by atoms with Gasteiger partial charge in [0.15, 0.2) is 0 Å². The molecular formula is C17H19F4NO2. The summed E-state index contributed by atoms with van der Waals surface area (Å²) in [5, 5.41) is 2.83. The number of amides is 1. The van der Waals surface area contributed by atoms with Gasteiger partial charge in [-0.05, 0) is 37.0 Å². The van der Waals surface area contributed by atoms with Gasteiger partial charge in [-0.15, -0.1) is 0 Å². The summed E-state index contributed by atoms with van der Waals surface area (Å²) >= 11 is 0. The van der Waals surface area contributed by atoms with Gasteiger partial charge >= 0.3 is 6.61 Å². The van der Waals surface area contributed by atoms with Gasteiger partial charge in [0.2, 0.25) is 11.8 Å². The first-order valence-corrected chi connectivity index (χ1v) is 8.07. The smallest absolute Gasteiger partial charge is 0.387 e. The van der Waals surface area contributed by atoms with Crippen molar-refractivity contribution in [3.63, 3.8) is 0 Å². The van der Waals surface area contributed by atoms with Crippen LogP contribution in [0.5, 0.6) is 5.75 Å². The van der Waals surface area contributed by atoms with E-state index in [0.29, 0.717) is 12.8 Å². The van der Waals surface area contributed by atoms with E-state index in [1.807, 2.05) is 0 Å². The quantitative estimate of drug-likeness (QED) is 0.817. The van der Waals surface area contributed by atoms with E-state index < -0.39 is 18.5 Å². The highest BCUT2D eigenvalue weighted by Crippen LogP contribution is 2.42. The molecule has 1 N–H and O–H groups in total. The van der Waals surface area contributed by atoms with Crippen molar-refractivity contribution in [2.45, 2.75) is 56.6 Å². The lowest BCUT2D eigenvalue weighted by Gasteiger charge is -2.28. The predicted octanol–water partition coefficient (Wildman–Crippen LogP) is 4.09. The van der Waals surface area contributed by atoms with Crippen LogP contribution in [0.3, 0.4) is 0 Å². The molecule has 24 heavy (non-hydrogen) atoms. The van der Waals surface area contributed by atoms with Crippen LogP contribution in [-0.2, 0) is 4.79 Å². The van der Waals surface area contributed by atoms with Crippen molar-refractivity contribution in [3.05, 3.63) is 29.8 Å². The summed E-state index contributed by atoms with van der Waals surface area (Å²) in [6.45, 7) is -2.86. The minimum atomic E-state index is -2.86. The highest BCUT2D eigenvalue weighted by Gasteiger charge is 2.43. The van der Waals surface area contributed by atoms with Gasteiger partial charge in [-0.2, -0.15) is 8.78 Å². The van der Waals surface area contributed by atoms with Crippen molar-refractivity contribution in [2.75, 3.05) is 0 Å². The fourth-order valence-corrected chi connectivity index (χ4v) is 3.32. The Morgan fingerprint density at radius 2 is 1.96 bits per heavy atom. The number of carbonyl (C=O) groups is 1. The molecule has 7 heteroatoms. The molecular weight excluding hydrogens is 326 g/mol. The molecule has 3 rings (SSSR count). The summed E-state index contributed by atoms with van der Waals surface area (Å²) in [6, 6.07) is 6.21. The third kappa shape index (κ3) is 4.19. The number of nitrogens with one attached hydrogen (secondary N) is 1. The van der Waals surface area contributed by atoms with Gasteiger partial charge in [-0.3, -0.25) is 4.79 Å². The van der Waals surface area contributed by atoms with E-state index in [-0.39, 0.29) is 36.5 Å². The van der Waals surface area contributed by atoms with Crippen LogP contribution in [0.15, 0.2) is 24.3 Å². The Labute approximate surface area is 137 Å². The SMILES string of the molecule is O=C(N[C@@H]1C[C@H]1c1ccc(OC(F)F)cc1)[C@H]1CCCC(F)(F)C1. The zero-order chi connectivity index (χ0) is 17.3. The average Bonchev–Trinajstić information content (AvgIpc) is 3.25. The van der Waals surface area contributed by atoms with Gasteiger partial charge in [0.25, 0.3) is 0 Å². The Hall–Kier alpha value is -1.79. The first-order valence-electron chi connectivity index (χ1n) is 8.07. The van der Waals surface area contributed by atoms with Gasteiger partial charge in [-0.1, -0.05) is 12.1 Å². The predicted molar refractivity (Wildman–Crippen MR) is 79.3 cm³/mol. The Morgan fingerprint density at radius 1 is 1.25 bits per heavy atom. The first-order chi connectivity index (χ1) is 11.3. The van der Waals surface area contributed by atoms with E-state index in [1.54, 1.807) is 12.1 Å². The standard InChI is InChI=1S/C17H19F4NO2/c18-16(19)24-12-5-3-10(4-6-12)13-8-14(13)22-15(23)11-2-1-7-17(20,21)9-11/h3-6,11,13-14,16H,1-2,7-9H2,(H,22,23)/t11-,13-,14+/m0/s1. The lowest BCUT2D eigenvalue weighted by molar-refractivity contribution is -0.132. The number of benzene rings is 1. The van der Waals surface area contributed by atoms with Crippen molar-refractivity contribution in [3.8, 4) is 5.75 Å². The Kier molecular flexibility index (Phi) is 4.69. The van der Waals surface area contributed by atoms with Crippen LogP contribution in [0.4, 0.5) is 17.6 Å². The Morgan fingerprint density at radius 3 is 2.58 bits per heavy atom. The number of hydrogen-bond donors (Lipinski definition) is 1. The van der Waals surface area contributed by atoms with E-state index in [4.69, 9.17) is 0 Å². The molecule has 0 radical (unpaired) electrons. The molecule has 0 saturated heterocycles. The van der Waals surface area contributed by atoms with Crippen LogP contribution >= 0.6 is 0 Å². The van der Waals surface area contributed by atoms with Crippen LogP contribution in [0.2, 0.25) is 0 Å². The van der Waals surface area contributed by atoms with Crippen LogP contribution in [0, 0.1) is 5.92 Å². The van der Waals surface area contributed by atoms with Crippen molar-refractivity contribution in [2.24, 2.45) is 5.92 Å². The summed E-state index contributed by atoms with van der Waals surface area (Å²) in [6.07, 6.45) is 1.07. The van der Waals surface area contributed by atoms with E-state index in [9.17, 15) is 22.4 Å². The van der Waals surface area contributed by atoms with Crippen molar-refractivity contribution in [1.82, 2.24) is 5.32 Å². The van der Waals surface area contributed by atoms with E-state index >= 15 is 0 Å². The molecule has 0 aliphatic heterocycles. The molecule has 132 valence electrons. The van der Waals surface area contributed by atoms with Crippen molar-refractivity contribution >= 4 is 5.91 Å². The molecule has 2 aliphatic carbocycles. The molecule has 2 aliphatic rings. The molecule has 3 atom stereocenters. The minimum absolute atomic E-state index is 0.0742. The maximum absolute atomic E-state index is 13.4. The third-order valence-electron chi connectivity index (χ3n) is 4.66. The molecule has 0 heterocycles. The fourth-order valence-electron chi connectivity index (χ4n) is 3.32. The number of rotatable bonds is 5. The normalized spacial score (nSPS) is 28.5. The zero-order valence-electron chi connectivity index (χ0n) is 13.0. The number of hydrogen-bond acceptors (Lipinski definition) is 2. The third-order valence-corrected chi connectivity index (χ3v) is 4.66. The highest BCUT2D eigenvalue weighted by molar-refractivity contribution is 5.79. The number of carbonyl (C=O) groups excluding carboxylic acids is 1. The summed E-state index contributed by atoms with van der Waals surface area (Å²) in [5.74, 6) is -3.50. The number of ether oxygens (including phenoxy) is 1. The summed E-state index contributed by atoms with van der Waals surface area (Å²) < 4.78 is 55.3. The maximum atomic E-state index is 13.4. The zero-order valence-corrected chi connectivity index (χ0v) is 13.0. The first kappa shape index (κ1) is 17.0. The topological polar surface area (TPSA) is 38.3 Å². The molecule has 1 amide bonds. The Bertz CT molecular complexity index is 591. The minimum Gasteiger partial charge on any atom is -0.435 e. The van der Waals surface area contributed by atoms with Crippen LogP contribution in [0.1, 0.15) is 43.6 Å². The molecule has 0 aromatic heterocycles. The maximum Gasteiger partial charge on any atom is 0.387 e. The molecule has 1 aromatic carbocycles. The van der Waals surface area contributed by atoms with Crippen LogP contribution in [0.25, 0.3) is 0 Å². The van der Waals surface area contributed by atoms with Crippen molar-refractivity contribution in [1.29, 1.82) is 0 Å². The highest BCUT2D eigenvalue weighted by atomic mass is 19.3. The molecule has 0 unspecified atom stereocenters. The van der Waals surface area contributed by atoms with Gasteiger partial charge in [0, 0.05) is 30.7 Å². The number of alkyl halides is 4.